The highest BCUT2D eigenvalue weighted by molar-refractivity contribution is 6.16. The number of hydrogen-bond acceptors (Lipinski definition) is 3. The van der Waals surface area contributed by atoms with Crippen LogP contribution in [0.4, 0.5) is 0 Å². The van der Waals surface area contributed by atoms with E-state index in [0.717, 1.165) is 5.56 Å². The Morgan fingerprint density at radius 3 is 2.80 bits per heavy atom. The number of fused-ring (bicyclic) bond motifs is 3. The molecule has 72 valence electrons. The fourth-order valence-electron chi connectivity index (χ4n) is 1.81. The number of carbonyl (C=O) groups excluding carboxylic acids is 1. The van der Waals surface area contributed by atoms with Gasteiger partial charge in [-0.05, 0) is 11.6 Å². The number of carbonyl (C=O) groups is 1. The third-order valence-electron chi connectivity index (χ3n) is 2.47. The molecule has 2 aliphatic carbocycles. The third-order valence-corrected chi connectivity index (χ3v) is 2.47. The molecule has 0 fully saturated rings. The van der Waals surface area contributed by atoms with Gasteiger partial charge in [0.1, 0.15) is 5.76 Å². The summed E-state index contributed by atoms with van der Waals surface area (Å²) in [5.41, 5.74) is 1.53. The number of rotatable bonds is 0. The number of furan rings is 1. The summed E-state index contributed by atoms with van der Waals surface area (Å²) in [5, 5.41) is 0. The van der Waals surface area contributed by atoms with Crippen molar-refractivity contribution in [2.75, 3.05) is 0 Å². The van der Waals surface area contributed by atoms with Crippen LogP contribution in [0.15, 0.2) is 39.6 Å². The van der Waals surface area contributed by atoms with Gasteiger partial charge in [0, 0.05) is 11.6 Å². The predicted octanol–water partition coefficient (Wildman–Crippen LogP) is 1.95. The molecule has 0 bridgehead atoms. The van der Waals surface area contributed by atoms with Crippen LogP contribution in [0.25, 0.3) is 17.4 Å². The van der Waals surface area contributed by atoms with Crippen molar-refractivity contribution in [2.24, 2.45) is 0 Å². The zero-order valence-electron chi connectivity index (χ0n) is 7.69. The Morgan fingerprint density at radius 2 is 1.93 bits per heavy atom. The second kappa shape index (κ2) is 2.67. The molecule has 3 rings (SSSR count). The van der Waals surface area contributed by atoms with E-state index >= 15 is 0 Å². The van der Waals surface area contributed by atoms with Crippen molar-refractivity contribution in [1.29, 1.82) is 0 Å². The summed E-state index contributed by atoms with van der Waals surface area (Å²) in [6.07, 6.45) is 3.21. The molecule has 0 atom stereocenters. The molecule has 1 aliphatic heterocycles. The lowest BCUT2D eigenvalue weighted by atomic mass is 10.1. The maximum atomic E-state index is 11.6. The van der Waals surface area contributed by atoms with Crippen molar-refractivity contribution in [2.45, 2.75) is 0 Å². The van der Waals surface area contributed by atoms with E-state index in [1.54, 1.807) is 18.2 Å². The molecule has 0 spiro atoms. The molecular formula is C12H6O3. The van der Waals surface area contributed by atoms with Crippen LogP contribution >= 0.6 is 0 Å². The van der Waals surface area contributed by atoms with Gasteiger partial charge in [-0.2, -0.15) is 0 Å². The van der Waals surface area contributed by atoms with E-state index in [2.05, 4.69) is 0 Å². The van der Waals surface area contributed by atoms with Gasteiger partial charge < -0.3 is 4.42 Å². The van der Waals surface area contributed by atoms with E-state index in [0.29, 0.717) is 16.9 Å². The lowest BCUT2D eigenvalue weighted by molar-refractivity contribution is 0.104. The second-order valence-electron chi connectivity index (χ2n) is 3.40. The molecule has 1 heterocycles. The number of allylic oxidation sites excluding steroid dienone is 1. The van der Waals surface area contributed by atoms with Crippen LogP contribution in [-0.4, -0.2) is 5.78 Å². The summed E-state index contributed by atoms with van der Waals surface area (Å²) < 4.78 is 5.02. The van der Waals surface area contributed by atoms with E-state index < -0.39 is 5.63 Å². The lowest BCUT2D eigenvalue weighted by Gasteiger charge is -1.95. The van der Waals surface area contributed by atoms with Crippen molar-refractivity contribution in [3.8, 4) is 11.3 Å². The predicted molar refractivity (Wildman–Crippen MR) is 55.0 cm³/mol. The van der Waals surface area contributed by atoms with Gasteiger partial charge in [-0.15, -0.1) is 0 Å². The fourth-order valence-corrected chi connectivity index (χ4v) is 1.81. The van der Waals surface area contributed by atoms with Crippen LogP contribution in [0.2, 0.25) is 0 Å². The summed E-state index contributed by atoms with van der Waals surface area (Å²) in [4.78, 5) is 22.7. The highest BCUT2D eigenvalue weighted by Gasteiger charge is 2.22. The van der Waals surface area contributed by atoms with E-state index in [4.69, 9.17) is 4.42 Å². The van der Waals surface area contributed by atoms with Crippen molar-refractivity contribution < 1.29 is 9.21 Å². The van der Waals surface area contributed by atoms with Crippen LogP contribution in [-0.2, 0) is 0 Å². The quantitative estimate of drug-likeness (QED) is 0.650. The summed E-state index contributed by atoms with van der Waals surface area (Å²) in [7, 11) is 0. The molecular weight excluding hydrogens is 192 g/mol. The Balaban J connectivity index is 2.49. The summed E-state index contributed by atoms with van der Waals surface area (Å²) in [6, 6.07) is 6.79. The van der Waals surface area contributed by atoms with Gasteiger partial charge in [0.15, 0.2) is 5.78 Å². The van der Waals surface area contributed by atoms with Crippen molar-refractivity contribution >= 4 is 11.9 Å². The second-order valence-corrected chi connectivity index (χ2v) is 3.40. The Kier molecular flexibility index (Phi) is 1.45. The van der Waals surface area contributed by atoms with E-state index in [-0.39, 0.29) is 5.78 Å². The molecule has 3 nitrogen and oxygen atoms in total. The minimum atomic E-state index is -0.418. The largest absolute Gasteiger partial charge is 0.422 e. The fraction of sp³-hybridized carbons (Fsp3) is 0. The maximum absolute atomic E-state index is 11.6. The molecule has 0 aromatic heterocycles. The monoisotopic (exact) mass is 198 g/mol. The zero-order valence-corrected chi connectivity index (χ0v) is 7.69. The first-order chi connectivity index (χ1) is 7.25. The summed E-state index contributed by atoms with van der Waals surface area (Å²) in [5.74, 6) is 0.274. The van der Waals surface area contributed by atoms with Gasteiger partial charge >= 0.3 is 5.63 Å². The van der Waals surface area contributed by atoms with Crippen molar-refractivity contribution in [3.05, 3.63) is 51.9 Å². The molecule has 3 heteroatoms. The molecule has 0 saturated heterocycles. The average molecular weight is 198 g/mol. The van der Waals surface area contributed by atoms with Gasteiger partial charge in [0.05, 0.1) is 5.56 Å². The van der Waals surface area contributed by atoms with Crippen LogP contribution in [0.3, 0.4) is 0 Å². The Bertz CT molecular complexity index is 619. The SMILES string of the molecule is O=C1C=Cc2cccc3cc(=O)oc-3c21. The molecule has 15 heavy (non-hydrogen) atoms. The summed E-state index contributed by atoms with van der Waals surface area (Å²) in [6.45, 7) is 0. The van der Waals surface area contributed by atoms with Gasteiger partial charge in [-0.3, -0.25) is 4.79 Å². The lowest BCUT2D eigenvalue weighted by Crippen LogP contribution is -1.92. The topological polar surface area (TPSA) is 47.3 Å². The van der Waals surface area contributed by atoms with Crippen LogP contribution in [0.1, 0.15) is 15.9 Å². The first-order valence-electron chi connectivity index (χ1n) is 4.55. The molecule has 0 amide bonds. The smallest absolute Gasteiger partial charge is 0.336 e. The Hall–Kier alpha value is -2.16. The molecule has 0 unspecified atom stereocenters. The van der Waals surface area contributed by atoms with Crippen molar-refractivity contribution in [3.63, 3.8) is 0 Å². The van der Waals surface area contributed by atoms with Crippen LogP contribution in [0, 0.1) is 0 Å². The van der Waals surface area contributed by atoms with Crippen molar-refractivity contribution in [1.82, 2.24) is 0 Å². The standard InChI is InChI=1S/C12H6O3/c13-9-5-4-7-2-1-3-8-6-10(14)15-12(8)11(7)9/h1-6H. The Morgan fingerprint density at radius 1 is 1.07 bits per heavy atom. The third kappa shape index (κ3) is 1.06. The van der Waals surface area contributed by atoms with E-state index in [1.165, 1.54) is 12.1 Å². The molecule has 0 radical (unpaired) electrons. The highest BCUT2D eigenvalue weighted by Crippen LogP contribution is 2.30. The van der Waals surface area contributed by atoms with Gasteiger partial charge in [0.25, 0.3) is 0 Å². The van der Waals surface area contributed by atoms with Gasteiger partial charge in [-0.1, -0.05) is 24.3 Å². The normalized spacial score (nSPS) is 13.5. The molecule has 0 N–H and O–H groups in total. The number of ketones is 1. The first-order valence-corrected chi connectivity index (χ1v) is 4.55. The minimum absolute atomic E-state index is 0.111. The Labute approximate surface area is 85.0 Å². The molecule has 0 saturated carbocycles. The first kappa shape index (κ1) is 8.17. The highest BCUT2D eigenvalue weighted by atomic mass is 16.4. The molecule has 0 aromatic carbocycles. The molecule has 0 aromatic rings. The van der Waals surface area contributed by atoms with E-state index in [9.17, 15) is 9.59 Å². The van der Waals surface area contributed by atoms with E-state index in [1.807, 2.05) is 6.07 Å². The van der Waals surface area contributed by atoms with Gasteiger partial charge in [-0.25, -0.2) is 4.79 Å². The average Bonchev–Trinajstić information content (AvgIpc) is 2.67. The van der Waals surface area contributed by atoms with Crippen LogP contribution in [0.5, 0.6) is 0 Å². The number of hydrogen-bond donors (Lipinski definition) is 0. The van der Waals surface area contributed by atoms with Crippen LogP contribution < -0.4 is 5.63 Å². The van der Waals surface area contributed by atoms with Gasteiger partial charge in [0.2, 0.25) is 0 Å². The minimum Gasteiger partial charge on any atom is -0.422 e. The summed E-state index contributed by atoms with van der Waals surface area (Å²) >= 11 is 0. The zero-order chi connectivity index (χ0) is 10.4. The molecule has 3 aliphatic rings. The maximum Gasteiger partial charge on any atom is 0.336 e.